The van der Waals surface area contributed by atoms with Crippen LogP contribution in [0.5, 0.6) is 0 Å². The number of carbonyl (C=O) groups excluding carboxylic acids is 2. The van der Waals surface area contributed by atoms with Crippen LogP contribution in [0.2, 0.25) is 5.15 Å². The van der Waals surface area contributed by atoms with E-state index in [1.807, 2.05) is 36.4 Å². The van der Waals surface area contributed by atoms with Crippen LogP contribution in [0.4, 0.5) is 4.39 Å². The molecule has 6 nitrogen and oxygen atoms in total. The fourth-order valence-electron chi connectivity index (χ4n) is 3.53. The Bertz CT molecular complexity index is 1480. The van der Waals surface area contributed by atoms with E-state index in [2.05, 4.69) is 15.4 Å². The summed E-state index contributed by atoms with van der Waals surface area (Å²) in [4.78, 5) is 34.9. The second-order valence-electron chi connectivity index (χ2n) is 7.48. The molecule has 34 heavy (non-hydrogen) atoms. The first-order valence-electron chi connectivity index (χ1n) is 10.3. The van der Waals surface area contributed by atoms with Crippen molar-refractivity contribution in [3.63, 3.8) is 0 Å². The van der Waals surface area contributed by atoms with Crippen LogP contribution in [0.3, 0.4) is 0 Å². The third kappa shape index (κ3) is 4.16. The minimum absolute atomic E-state index is 0.0808. The van der Waals surface area contributed by atoms with Crippen LogP contribution in [0.25, 0.3) is 17.0 Å². The molecule has 5 rings (SSSR count). The number of halogens is 2. The van der Waals surface area contributed by atoms with Gasteiger partial charge in [-0.25, -0.2) is 14.4 Å². The number of aliphatic imine (C=N–C) groups is 1. The molecular weight excluding hydrogens is 455 g/mol. The number of fused-ring (bicyclic) bond motifs is 1. The first kappa shape index (κ1) is 21.5. The summed E-state index contributed by atoms with van der Waals surface area (Å²) in [6.45, 7) is 0. The number of hydrazine groups is 1. The van der Waals surface area contributed by atoms with Gasteiger partial charge in [-0.05, 0) is 42.5 Å². The van der Waals surface area contributed by atoms with Gasteiger partial charge >= 0.3 is 0 Å². The number of pyridine rings is 1. The average molecular weight is 471 g/mol. The number of nitrogens with one attached hydrogen (secondary N) is 1. The third-order valence-corrected chi connectivity index (χ3v) is 5.51. The summed E-state index contributed by atoms with van der Waals surface area (Å²) in [7, 11) is 0. The highest BCUT2D eigenvalue weighted by Crippen LogP contribution is 2.26. The summed E-state index contributed by atoms with van der Waals surface area (Å²) >= 11 is 6.37. The molecule has 0 unspecified atom stereocenters. The number of amidine groups is 1. The minimum atomic E-state index is -0.580. The lowest BCUT2D eigenvalue weighted by Gasteiger charge is -2.19. The van der Waals surface area contributed by atoms with E-state index in [0.717, 1.165) is 15.9 Å². The van der Waals surface area contributed by atoms with Gasteiger partial charge in [0.15, 0.2) is 5.84 Å². The van der Waals surface area contributed by atoms with Crippen molar-refractivity contribution in [2.24, 2.45) is 4.99 Å². The van der Waals surface area contributed by atoms with Gasteiger partial charge in [0.25, 0.3) is 11.8 Å². The maximum atomic E-state index is 13.3. The zero-order valence-corrected chi connectivity index (χ0v) is 18.3. The van der Waals surface area contributed by atoms with E-state index in [1.165, 1.54) is 30.3 Å². The molecule has 0 saturated carbocycles. The first-order valence-corrected chi connectivity index (χ1v) is 10.7. The molecule has 1 aliphatic heterocycles. The highest BCUT2D eigenvalue weighted by atomic mass is 35.5. The van der Waals surface area contributed by atoms with Crippen molar-refractivity contribution >= 4 is 46.2 Å². The first-order chi connectivity index (χ1) is 16.5. The monoisotopic (exact) mass is 470 g/mol. The third-order valence-electron chi connectivity index (χ3n) is 5.21. The Hall–Kier alpha value is -4.36. The molecule has 8 heteroatoms. The second-order valence-corrected chi connectivity index (χ2v) is 7.84. The molecule has 166 valence electrons. The van der Waals surface area contributed by atoms with E-state index in [4.69, 9.17) is 11.6 Å². The predicted octanol–water partition coefficient (Wildman–Crippen LogP) is 5.00. The van der Waals surface area contributed by atoms with E-state index in [1.54, 1.807) is 24.3 Å². The molecule has 0 radical (unpaired) electrons. The van der Waals surface area contributed by atoms with Crippen LogP contribution in [-0.2, 0) is 4.79 Å². The molecule has 1 aromatic heterocycles. The number of aromatic nitrogens is 1. The average Bonchev–Trinajstić information content (AvgIpc) is 3.15. The Morgan fingerprint density at radius 2 is 1.68 bits per heavy atom. The lowest BCUT2D eigenvalue weighted by molar-refractivity contribution is -0.124. The Labute approximate surface area is 199 Å². The molecule has 0 aliphatic carbocycles. The van der Waals surface area contributed by atoms with E-state index in [-0.39, 0.29) is 22.2 Å². The van der Waals surface area contributed by atoms with Crippen LogP contribution >= 0.6 is 11.6 Å². The maximum absolute atomic E-state index is 13.3. The molecule has 4 aromatic rings. The number of hydrogen-bond donors (Lipinski definition) is 1. The van der Waals surface area contributed by atoms with Crippen molar-refractivity contribution in [3.8, 4) is 0 Å². The van der Waals surface area contributed by atoms with Gasteiger partial charge in [0.1, 0.15) is 16.7 Å². The highest BCUT2D eigenvalue weighted by Gasteiger charge is 2.33. The molecule has 1 N–H and O–H groups in total. The van der Waals surface area contributed by atoms with Gasteiger partial charge in [0.05, 0.1) is 5.52 Å². The van der Waals surface area contributed by atoms with Gasteiger partial charge in [0, 0.05) is 22.1 Å². The number of benzene rings is 3. The summed E-state index contributed by atoms with van der Waals surface area (Å²) < 4.78 is 13.3. The Morgan fingerprint density at radius 3 is 2.44 bits per heavy atom. The molecule has 0 bridgehead atoms. The number of nitrogens with zero attached hydrogens (tertiary/aromatic N) is 3. The molecule has 0 atom stereocenters. The fraction of sp³-hybridized carbons (Fsp3) is 0. The van der Waals surface area contributed by atoms with Gasteiger partial charge < -0.3 is 0 Å². The number of rotatable bonds is 4. The van der Waals surface area contributed by atoms with Crippen molar-refractivity contribution in [1.29, 1.82) is 0 Å². The van der Waals surface area contributed by atoms with E-state index in [9.17, 15) is 14.0 Å². The Kier molecular flexibility index (Phi) is 5.61. The van der Waals surface area contributed by atoms with Crippen LogP contribution in [-0.4, -0.2) is 27.6 Å². The van der Waals surface area contributed by atoms with Crippen molar-refractivity contribution in [2.75, 3.05) is 0 Å². The van der Waals surface area contributed by atoms with E-state index < -0.39 is 17.6 Å². The Morgan fingerprint density at radius 1 is 0.971 bits per heavy atom. The van der Waals surface area contributed by atoms with Crippen LogP contribution in [0, 0.1) is 5.82 Å². The van der Waals surface area contributed by atoms with Crippen molar-refractivity contribution in [3.05, 3.63) is 118 Å². The number of amides is 2. The molecule has 3 aromatic carbocycles. The zero-order chi connectivity index (χ0) is 23.7. The van der Waals surface area contributed by atoms with Gasteiger partial charge in [-0.1, -0.05) is 60.1 Å². The molecule has 0 spiro atoms. The SMILES string of the molecule is O=C(NN1C(=O)/C(=C/c2cc3ccccc3nc2Cl)N=C1c1ccccc1)c1ccc(F)cc1. The van der Waals surface area contributed by atoms with Gasteiger partial charge in [-0.3, -0.25) is 15.0 Å². The summed E-state index contributed by atoms with van der Waals surface area (Å²) in [6, 6.07) is 23.3. The Balaban J connectivity index is 1.53. The maximum Gasteiger partial charge on any atom is 0.297 e. The fourth-order valence-corrected chi connectivity index (χ4v) is 3.73. The number of hydrogen-bond acceptors (Lipinski definition) is 4. The topological polar surface area (TPSA) is 74.7 Å². The lowest BCUT2D eigenvalue weighted by Crippen LogP contribution is -2.47. The van der Waals surface area contributed by atoms with E-state index >= 15 is 0 Å². The van der Waals surface area contributed by atoms with Crippen molar-refractivity contribution in [1.82, 2.24) is 15.4 Å². The van der Waals surface area contributed by atoms with Gasteiger partial charge in [-0.15, -0.1) is 0 Å². The largest absolute Gasteiger partial charge is 0.297 e. The lowest BCUT2D eigenvalue weighted by atomic mass is 10.1. The normalized spacial score (nSPS) is 14.5. The molecule has 2 heterocycles. The zero-order valence-electron chi connectivity index (χ0n) is 17.6. The van der Waals surface area contributed by atoms with Crippen LogP contribution < -0.4 is 5.43 Å². The quantitative estimate of drug-likeness (QED) is 0.337. The smallest absolute Gasteiger partial charge is 0.267 e. The molecule has 0 fully saturated rings. The molecule has 0 saturated heterocycles. The number of para-hydroxylation sites is 1. The summed E-state index contributed by atoms with van der Waals surface area (Å²) in [6.07, 6.45) is 1.54. The van der Waals surface area contributed by atoms with Crippen molar-refractivity contribution in [2.45, 2.75) is 0 Å². The summed E-state index contributed by atoms with van der Waals surface area (Å²) in [5.41, 5.74) is 4.73. The number of carbonyl (C=O) groups is 2. The van der Waals surface area contributed by atoms with Gasteiger partial charge in [-0.2, -0.15) is 5.01 Å². The minimum Gasteiger partial charge on any atom is -0.267 e. The van der Waals surface area contributed by atoms with Crippen LogP contribution in [0.15, 0.2) is 95.6 Å². The highest BCUT2D eigenvalue weighted by molar-refractivity contribution is 6.31. The standard InChI is InChI=1S/C26H16ClFN4O2/c27-23-19(14-18-8-4-5-9-21(18)29-23)15-22-26(34)32(24(30-22)16-6-2-1-3-7-16)31-25(33)17-10-12-20(28)13-11-17/h1-15H,(H,31,33)/b22-15-. The van der Waals surface area contributed by atoms with Crippen molar-refractivity contribution < 1.29 is 14.0 Å². The van der Waals surface area contributed by atoms with Crippen LogP contribution in [0.1, 0.15) is 21.5 Å². The predicted molar refractivity (Wildman–Crippen MR) is 128 cm³/mol. The van der Waals surface area contributed by atoms with E-state index in [0.29, 0.717) is 11.1 Å². The summed E-state index contributed by atoms with van der Waals surface area (Å²) in [5, 5.41) is 2.16. The summed E-state index contributed by atoms with van der Waals surface area (Å²) in [5.74, 6) is -1.34. The molecule has 2 amide bonds. The molecular formula is C26H16ClFN4O2. The second kappa shape index (κ2) is 8.88. The van der Waals surface area contributed by atoms with Gasteiger partial charge in [0.2, 0.25) is 0 Å². The molecule has 1 aliphatic rings.